The molecule has 0 bridgehead atoms. The summed E-state index contributed by atoms with van der Waals surface area (Å²) in [6, 6.07) is 10.1. The second kappa shape index (κ2) is 6.89. The summed E-state index contributed by atoms with van der Waals surface area (Å²) in [5.41, 5.74) is 1.93. The van der Waals surface area contributed by atoms with Crippen LogP contribution in [0.3, 0.4) is 0 Å². The van der Waals surface area contributed by atoms with Crippen LogP contribution in [-0.4, -0.2) is 16.6 Å². The van der Waals surface area contributed by atoms with Gasteiger partial charge in [0.2, 0.25) is 0 Å². The van der Waals surface area contributed by atoms with Gasteiger partial charge in [-0.3, -0.25) is 4.98 Å². The molecule has 1 aromatic heterocycles. The third-order valence-corrected chi connectivity index (χ3v) is 2.44. The lowest BCUT2D eigenvalue weighted by atomic mass is 10.2. The van der Waals surface area contributed by atoms with Crippen LogP contribution in [0.2, 0.25) is 5.15 Å². The van der Waals surface area contributed by atoms with Crippen LogP contribution >= 0.6 is 11.6 Å². The number of ether oxygens (including phenoxy) is 1. The lowest BCUT2D eigenvalue weighted by molar-refractivity contribution is 0.146. The van der Waals surface area contributed by atoms with E-state index in [4.69, 9.17) is 16.3 Å². The third kappa shape index (κ3) is 4.28. The minimum Gasteiger partial charge on any atom is -0.371 e. The molecule has 1 heterocycles. The predicted octanol–water partition coefficient (Wildman–Crippen LogP) is 3.36. The molecular formula is C14H13ClN2O. The highest BCUT2D eigenvalue weighted by Gasteiger charge is 1.94. The smallest absolute Gasteiger partial charge is 0.147 e. The lowest BCUT2D eigenvalue weighted by Crippen LogP contribution is -1.96. The van der Waals surface area contributed by atoms with Gasteiger partial charge in [0, 0.05) is 0 Å². The molecule has 0 aliphatic rings. The Labute approximate surface area is 111 Å². The summed E-state index contributed by atoms with van der Waals surface area (Å²) in [7, 11) is 0. The maximum atomic E-state index is 5.64. The molecule has 0 aliphatic heterocycles. The highest BCUT2D eigenvalue weighted by Crippen LogP contribution is 2.03. The Bertz CT molecular complexity index is 497. The first kappa shape index (κ1) is 12.7. The van der Waals surface area contributed by atoms with E-state index in [9.17, 15) is 0 Å². The molecule has 0 unspecified atom stereocenters. The van der Waals surface area contributed by atoms with E-state index in [1.807, 2.05) is 42.5 Å². The van der Waals surface area contributed by atoms with Crippen molar-refractivity contribution in [2.45, 2.75) is 6.61 Å². The molecule has 0 saturated heterocycles. The van der Waals surface area contributed by atoms with Gasteiger partial charge >= 0.3 is 0 Å². The van der Waals surface area contributed by atoms with E-state index >= 15 is 0 Å². The Morgan fingerprint density at radius 3 is 2.67 bits per heavy atom. The molecule has 1 aromatic carbocycles. The van der Waals surface area contributed by atoms with E-state index in [1.165, 1.54) is 6.20 Å². The van der Waals surface area contributed by atoms with Crippen molar-refractivity contribution in [3.63, 3.8) is 0 Å². The van der Waals surface area contributed by atoms with Crippen molar-refractivity contribution in [1.29, 1.82) is 0 Å². The standard InChI is InChI=1S/C14H13ClN2O/c15-14-10-16-13(9-17-14)11-18-8-4-7-12-5-2-1-3-6-12/h1-7,9-10H,8,11H2/b7-4+. The van der Waals surface area contributed by atoms with Crippen LogP contribution in [0.1, 0.15) is 11.3 Å². The van der Waals surface area contributed by atoms with Gasteiger partial charge in [-0.25, -0.2) is 4.98 Å². The Balaban J connectivity index is 1.73. The summed E-state index contributed by atoms with van der Waals surface area (Å²) in [6.45, 7) is 0.975. The molecule has 0 atom stereocenters. The normalized spacial score (nSPS) is 10.9. The highest BCUT2D eigenvalue weighted by atomic mass is 35.5. The monoisotopic (exact) mass is 260 g/mol. The van der Waals surface area contributed by atoms with Crippen LogP contribution < -0.4 is 0 Å². The van der Waals surface area contributed by atoms with Crippen molar-refractivity contribution in [2.75, 3.05) is 6.61 Å². The van der Waals surface area contributed by atoms with Crippen molar-refractivity contribution < 1.29 is 4.74 Å². The zero-order chi connectivity index (χ0) is 12.6. The molecule has 2 rings (SSSR count). The molecule has 3 nitrogen and oxygen atoms in total. The summed E-state index contributed by atoms with van der Waals surface area (Å²) < 4.78 is 5.45. The Kier molecular flexibility index (Phi) is 4.88. The van der Waals surface area contributed by atoms with Gasteiger partial charge in [-0.2, -0.15) is 0 Å². The van der Waals surface area contributed by atoms with Crippen LogP contribution in [0.4, 0.5) is 0 Å². The number of halogens is 1. The summed E-state index contributed by atoms with van der Waals surface area (Å²) in [5.74, 6) is 0. The molecule has 0 saturated carbocycles. The molecule has 18 heavy (non-hydrogen) atoms. The van der Waals surface area contributed by atoms with Crippen LogP contribution in [0.25, 0.3) is 6.08 Å². The molecule has 2 aromatic rings. The molecule has 0 spiro atoms. The first-order valence-electron chi connectivity index (χ1n) is 5.60. The minimum atomic E-state index is 0.391. The molecule has 0 fully saturated rings. The van der Waals surface area contributed by atoms with Crippen molar-refractivity contribution in [3.8, 4) is 0 Å². The second-order valence-corrected chi connectivity index (χ2v) is 4.05. The van der Waals surface area contributed by atoms with Gasteiger partial charge < -0.3 is 4.74 Å². The summed E-state index contributed by atoms with van der Waals surface area (Å²) in [6.07, 6.45) is 7.12. The van der Waals surface area contributed by atoms with Crippen molar-refractivity contribution >= 4 is 17.7 Å². The van der Waals surface area contributed by atoms with Crippen LogP contribution in [0.5, 0.6) is 0 Å². The molecule has 92 valence electrons. The highest BCUT2D eigenvalue weighted by molar-refractivity contribution is 6.29. The number of aromatic nitrogens is 2. The number of hydrogen-bond donors (Lipinski definition) is 0. The predicted molar refractivity (Wildman–Crippen MR) is 72.2 cm³/mol. The number of rotatable bonds is 5. The van der Waals surface area contributed by atoms with Gasteiger partial charge in [-0.05, 0) is 5.56 Å². The van der Waals surface area contributed by atoms with E-state index in [1.54, 1.807) is 6.20 Å². The SMILES string of the molecule is Clc1cnc(COC/C=C/c2ccccc2)cn1. The zero-order valence-corrected chi connectivity index (χ0v) is 10.5. The molecule has 0 N–H and O–H groups in total. The fourth-order valence-corrected chi connectivity index (χ4v) is 1.49. The first-order valence-corrected chi connectivity index (χ1v) is 5.98. The molecule has 0 aliphatic carbocycles. The number of nitrogens with zero attached hydrogens (tertiary/aromatic N) is 2. The number of hydrogen-bond acceptors (Lipinski definition) is 3. The fraction of sp³-hybridized carbons (Fsp3) is 0.143. The van der Waals surface area contributed by atoms with E-state index in [2.05, 4.69) is 9.97 Å². The quantitative estimate of drug-likeness (QED) is 0.774. The van der Waals surface area contributed by atoms with E-state index < -0.39 is 0 Å². The lowest BCUT2D eigenvalue weighted by Gasteiger charge is -2.00. The van der Waals surface area contributed by atoms with Gasteiger partial charge in [0.15, 0.2) is 0 Å². The average molecular weight is 261 g/mol. The zero-order valence-electron chi connectivity index (χ0n) is 9.79. The van der Waals surface area contributed by atoms with Crippen molar-refractivity contribution in [3.05, 3.63) is 65.2 Å². The maximum absolute atomic E-state index is 5.64. The van der Waals surface area contributed by atoms with Gasteiger partial charge in [0.05, 0.1) is 31.3 Å². The average Bonchev–Trinajstić information content (AvgIpc) is 2.42. The van der Waals surface area contributed by atoms with Crippen molar-refractivity contribution in [2.24, 2.45) is 0 Å². The largest absolute Gasteiger partial charge is 0.371 e. The Hall–Kier alpha value is -1.71. The van der Waals surface area contributed by atoms with E-state index in [0.717, 1.165) is 11.3 Å². The third-order valence-electron chi connectivity index (χ3n) is 2.25. The fourth-order valence-electron chi connectivity index (χ4n) is 1.39. The van der Waals surface area contributed by atoms with Gasteiger partial charge in [-0.15, -0.1) is 0 Å². The summed E-state index contributed by atoms with van der Waals surface area (Å²) in [5, 5.41) is 0.391. The minimum absolute atomic E-state index is 0.391. The van der Waals surface area contributed by atoms with Crippen LogP contribution in [0, 0.1) is 0 Å². The molecule has 0 radical (unpaired) electrons. The molecular weight excluding hydrogens is 248 g/mol. The topological polar surface area (TPSA) is 35.0 Å². The molecule has 0 amide bonds. The van der Waals surface area contributed by atoms with Crippen LogP contribution in [-0.2, 0) is 11.3 Å². The second-order valence-electron chi connectivity index (χ2n) is 3.66. The van der Waals surface area contributed by atoms with Gasteiger partial charge in [0.1, 0.15) is 5.15 Å². The first-order chi connectivity index (χ1) is 8.84. The van der Waals surface area contributed by atoms with Crippen molar-refractivity contribution in [1.82, 2.24) is 9.97 Å². The van der Waals surface area contributed by atoms with Crippen LogP contribution in [0.15, 0.2) is 48.8 Å². The van der Waals surface area contributed by atoms with E-state index in [-0.39, 0.29) is 0 Å². The summed E-state index contributed by atoms with van der Waals surface area (Å²) in [4.78, 5) is 8.02. The Morgan fingerprint density at radius 1 is 1.11 bits per heavy atom. The Morgan fingerprint density at radius 2 is 1.94 bits per heavy atom. The van der Waals surface area contributed by atoms with E-state index in [0.29, 0.717) is 18.4 Å². The summed E-state index contributed by atoms with van der Waals surface area (Å²) >= 11 is 5.64. The van der Waals surface area contributed by atoms with Gasteiger partial charge in [0.25, 0.3) is 0 Å². The molecule has 4 heteroatoms. The maximum Gasteiger partial charge on any atom is 0.147 e. The number of benzene rings is 1. The van der Waals surface area contributed by atoms with Gasteiger partial charge in [-0.1, -0.05) is 54.1 Å².